The summed E-state index contributed by atoms with van der Waals surface area (Å²) >= 11 is 0. The molecule has 3 N–H and O–H groups in total. The Morgan fingerprint density at radius 2 is 2.33 bits per heavy atom. The van der Waals surface area contributed by atoms with Gasteiger partial charge in [-0.2, -0.15) is 0 Å². The van der Waals surface area contributed by atoms with E-state index in [4.69, 9.17) is 9.47 Å². The minimum Gasteiger partial charge on any atom is -0.482 e. The van der Waals surface area contributed by atoms with Gasteiger partial charge in [-0.05, 0) is 18.2 Å². The molecule has 3 rings (SSSR count). The van der Waals surface area contributed by atoms with Crippen molar-refractivity contribution in [1.29, 1.82) is 0 Å². The van der Waals surface area contributed by atoms with Crippen LogP contribution in [0.2, 0.25) is 0 Å². The van der Waals surface area contributed by atoms with Gasteiger partial charge in [-0.1, -0.05) is 0 Å². The van der Waals surface area contributed by atoms with Crippen LogP contribution in [-0.4, -0.2) is 44.2 Å². The zero-order valence-corrected chi connectivity index (χ0v) is 11.5. The quantitative estimate of drug-likeness (QED) is 0.747. The van der Waals surface area contributed by atoms with Gasteiger partial charge in [-0.25, -0.2) is 0 Å². The normalized spacial score (nSPS) is 21.0. The van der Waals surface area contributed by atoms with Crippen molar-refractivity contribution >= 4 is 23.2 Å². The van der Waals surface area contributed by atoms with E-state index >= 15 is 0 Å². The molecule has 2 aliphatic rings. The molecule has 1 aromatic carbocycles. The Morgan fingerprint density at radius 3 is 3.14 bits per heavy atom. The summed E-state index contributed by atoms with van der Waals surface area (Å²) in [7, 11) is 0. The summed E-state index contributed by atoms with van der Waals surface area (Å²) in [4.78, 5) is 23.3. The van der Waals surface area contributed by atoms with Crippen LogP contribution in [0.5, 0.6) is 5.75 Å². The van der Waals surface area contributed by atoms with Gasteiger partial charge >= 0.3 is 0 Å². The van der Waals surface area contributed by atoms with Gasteiger partial charge in [0.05, 0.1) is 24.8 Å². The number of carbonyl (C=O) groups is 2. The van der Waals surface area contributed by atoms with Crippen LogP contribution < -0.4 is 20.7 Å². The predicted molar refractivity (Wildman–Crippen MR) is 76.4 cm³/mol. The first kappa shape index (κ1) is 13.8. The summed E-state index contributed by atoms with van der Waals surface area (Å²) in [6, 6.07) is 5.15. The molecule has 7 nitrogen and oxygen atoms in total. The van der Waals surface area contributed by atoms with Crippen molar-refractivity contribution in [2.75, 3.05) is 36.9 Å². The second kappa shape index (κ2) is 6.11. The Morgan fingerprint density at radius 1 is 1.43 bits per heavy atom. The highest BCUT2D eigenvalue weighted by atomic mass is 16.5. The van der Waals surface area contributed by atoms with Gasteiger partial charge in [0.2, 0.25) is 5.91 Å². The molecule has 0 aliphatic carbocycles. The molecule has 0 bridgehead atoms. The fourth-order valence-electron chi connectivity index (χ4n) is 2.33. The van der Waals surface area contributed by atoms with E-state index in [1.165, 1.54) is 0 Å². The lowest BCUT2D eigenvalue weighted by Crippen LogP contribution is -2.40. The van der Waals surface area contributed by atoms with Gasteiger partial charge in [0, 0.05) is 18.8 Å². The molecule has 2 heterocycles. The lowest BCUT2D eigenvalue weighted by molar-refractivity contribution is -0.119. The number of amides is 2. The molecule has 2 aliphatic heterocycles. The number of benzene rings is 1. The Kier molecular flexibility index (Phi) is 4.03. The van der Waals surface area contributed by atoms with E-state index in [1.54, 1.807) is 18.2 Å². The number of hydrogen-bond acceptors (Lipinski definition) is 5. The van der Waals surface area contributed by atoms with Crippen LogP contribution in [0.15, 0.2) is 18.2 Å². The average molecular weight is 291 g/mol. The molecule has 2 amide bonds. The molecule has 21 heavy (non-hydrogen) atoms. The second-order valence-electron chi connectivity index (χ2n) is 5.00. The van der Waals surface area contributed by atoms with Gasteiger partial charge in [0.25, 0.3) is 5.91 Å². The topological polar surface area (TPSA) is 88.7 Å². The molecule has 0 saturated carbocycles. The van der Waals surface area contributed by atoms with Gasteiger partial charge in [0.1, 0.15) is 5.75 Å². The van der Waals surface area contributed by atoms with E-state index in [9.17, 15) is 9.59 Å². The monoisotopic (exact) mass is 291 g/mol. The van der Waals surface area contributed by atoms with Gasteiger partial charge < -0.3 is 25.4 Å². The molecule has 1 fully saturated rings. The van der Waals surface area contributed by atoms with Crippen molar-refractivity contribution < 1.29 is 19.1 Å². The number of morpholine rings is 1. The van der Waals surface area contributed by atoms with E-state index in [1.807, 2.05) is 0 Å². The molecular formula is C14H17N3O4. The highest BCUT2D eigenvalue weighted by Gasteiger charge is 2.19. The average Bonchev–Trinajstić information content (AvgIpc) is 2.47. The van der Waals surface area contributed by atoms with Crippen molar-refractivity contribution in [3.05, 3.63) is 18.2 Å². The molecule has 1 atom stereocenters. The van der Waals surface area contributed by atoms with Crippen LogP contribution in [0.4, 0.5) is 11.4 Å². The minimum atomic E-state index is -0.201. The smallest absolute Gasteiger partial charge is 0.262 e. The number of rotatable bonds is 3. The Bertz CT molecular complexity index is 555. The summed E-state index contributed by atoms with van der Waals surface area (Å²) in [5, 5.41) is 8.69. The maximum Gasteiger partial charge on any atom is 0.262 e. The van der Waals surface area contributed by atoms with E-state index in [2.05, 4.69) is 16.0 Å². The van der Waals surface area contributed by atoms with Gasteiger partial charge in [0.15, 0.2) is 6.61 Å². The number of nitrogens with one attached hydrogen (secondary N) is 3. The molecule has 1 saturated heterocycles. The van der Waals surface area contributed by atoms with Crippen molar-refractivity contribution in [3.8, 4) is 5.75 Å². The van der Waals surface area contributed by atoms with Gasteiger partial charge in [-0.15, -0.1) is 0 Å². The first-order valence-corrected chi connectivity index (χ1v) is 6.89. The fourth-order valence-corrected chi connectivity index (χ4v) is 2.33. The molecule has 1 unspecified atom stereocenters. The third-order valence-corrected chi connectivity index (χ3v) is 3.31. The van der Waals surface area contributed by atoms with E-state index in [-0.39, 0.29) is 24.5 Å². The van der Waals surface area contributed by atoms with E-state index < -0.39 is 0 Å². The van der Waals surface area contributed by atoms with E-state index in [0.717, 1.165) is 6.54 Å². The maximum absolute atomic E-state index is 12.0. The highest BCUT2D eigenvalue weighted by molar-refractivity contribution is 5.97. The number of anilines is 2. The predicted octanol–water partition coefficient (Wildman–Crippen LogP) is 0.334. The lowest BCUT2D eigenvalue weighted by atomic mass is 10.2. The number of ether oxygens (including phenoxy) is 2. The van der Waals surface area contributed by atoms with Crippen molar-refractivity contribution in [3.63, 3.8) is 0 Å². The van der Waals surface area contributed by atoms with Crippen LogP contribution in [0.1, 0.15) is 6.42 Å². The highest BCUT2D eigenvalue weighted by Crippen LogP contribution is 2.30. The van der Waals surface area contributed by atoms with Crippen LogP contribution in [0, 0.1) is 0 Å². The largest absolute Gasteiger partial charge is 0.482 e. The SMILES string of the molecule is O=C(CC1CNCCO1)Nc1ccc2c(c1)NC(=O)CO2. The summed E-state index contributed by atoms with van der Waals surface area (Å²) in [6.45, 7) is 2.15. The molecule has 0 aromatic heterocycles. The molecule has 0 radical (unpaired) electrons. The number of fused-ring (bicyclic) bond motifs is 1. The van der Waals surface area contributed by atoms with Gasteiger partial charge in [-0.3, -0.25) is 9.59 Å². The zero-order valence-electron chi connectivity index (χ0n) is 11.5. The standard InChI is InChI=1S/C14H17N3O4/c18-13(6-10-7-15-3-4-20-10)16-9-1-2-12-11(5-9)17-14(19)8-21-12/h1-2,5,10,15H,3-4,6-8H2,(H,16,18)(H,17,19). The Labute approximate surface area is 122 Å². The minimum absolute atomic E-state index is 0.0186. The molecule has 7 heteroatoms. The lowest BCUT2D eigenvalue weighted by Gasteiger charge is -2.23. The first-order chi connectivity index (χ1) is 10.2. The molecule has 1 aromatic rings. The summed E-state index contributed by atoms with van der Waals surface area (Å²) in [6.07, 6.45) is 0.201. The van der Waals surface area contributed by atoms with Crippen molar-refractivity contribution in [2.45, 2.75) is 12.5 Å². The Balaban J connectivity index is 1.60. The van der Waals surface area contributed by atoms with Crippen LogP contribution in [0.3, 0.4) is 0 Å². The van der Waals surface area contributed by atoms with Crippen LogP contribution >= 0.6 is 0 Å². The molecular weight excluding hydrogens is 274 g/mol. The summed E-state index contributed by atoms with van der Waals surface area (Å²) in [5.41, 5.74) is 1.19. The number of hydrogen-bond donors (Lipinski definition) is 3. The van der Waals surface area contributed by atoms with Crippen LogP contribution in [-0.2, 0) is 14.3 Å². The third kappa shape index (κ3) is 3.50. The number of carbonyl (C=O) groups excluding carboxylic acids is 2. The van der Waals surface area contributed by atoms with E-state index in [0.29, 0.717) is 36.7 Å². The van der Waals surface area contributed by atoms with Crippen molar-refractivity contribution in [1.82, 2.24) is 5.32 Å². The molecule has 112 valence electrons. The zero-order chi connectivity index (χ0) is 14.7. The first-order valence-electron chi connectivity index (χ1n) is 6.89. The van der Waals surface area contributed by atoms with Crippen molar-refractivity contribution in [2.24, 2.45) is 0 Å². The summed E-state index contributed by atoms with van der Waals surface area (Å²) < 4.78 is 10.8. The summed E-state index contributed by atoms with van der Waals surface area (Å²) in [5.74, 6) is 0.284. The van der Waals surface area contributed by atoms with Crippen LogP contribution in [0.25, 0.3) is 0 Å². The fraction of sp³-hybridized carbons (Fsp3) is 0.429. The maximum atomic E-state index is 12.0. The Hall–Kier alpha value is -2.12. The second-order valence-corrected chi connectivity index (χ2v) is 5.00. The third-order valence-electron chi connectivity index (χ3n) is 3.31. The molecule has 0 spiro atoms.